The Morgan fingerprint density at radius 2 is 2.27 bits per heavy atom. The van der Waals surface area contributed by atoms with Crippen LogP contribution in [0.1, 0.15) is 17.5 Å². The van der Waals surface area contributed by atoms with Gasteiger partial charge in [-0.3, -0.25) is 4.79 Å². The standard InChI is InChI=1S/C14H18F2N2O3.ClH/c1-8-2-3-12(21-14(15)16)9(4-8)6-18-13(20)11-5-10(19)7-17-11;/h2-4,10-11,14,17,19H,5-7H2,1H3,(H,18,20);1H. The minimum Gasteiger partial charge on any atom is -0.434 e. The Labute approximate surface area is 133 Å². The zero-order valence-electron chi connectivity index (χ0n) is 12.0. The van der Waals surface area contributed by atoms with E-state index in [0.29, 0.717) is 18.5 Å². The molecule has 0 saturated carbocycles. The Hall–Kier alpha value is -1.44. The number of hydrogen-bond donors (Lipinski definition) is 3. The number of hydrogen-bond acceptors (Lipinski definition) is 4. The van der Waals surface area contributed by atoms with Crippen molar-refractivity contribution in [3.8, 4) is 5.75 Å². The highest BCUT2D eigenvalue weighted by Crippen LogP contribution is 2.22. The summed E-state index contributed by atoms with van der Waals surface area (Å²) in [5.41, 5.74) is 1.37. The summed E-state index contributed by atoms with van der Waals surface area (Å²) in [7, 11) is 0. The molecule has 2 atom stereocenters. The van der Waals surface area contributed by atoms with Gasteiger partial charge in [-0.2, -0.15) is 8.78 Å². The molecule has 0 aliphatic carbocycles. The van der Waals surface area contributed by atoms with Crippen LogP contribution in [-0.4, -0.2) is 36.3 Å². The van der Waals surface area contributed by atoms with Gasteiger partial charge in [0.15, 0.2) is 0 Å². The molecule has 1 aliphatic heterocycles. The Morgan fingerprint density at radius 1 is 1.55 bits per heavy atom. The van der Waals surface area contributed by atoms with E-state index in [1.807, 2.05) is 6.92 Å². The summed E-state index contributed by atoms with van der Waals surface area (Å²) in [4.78, 5) is 11.9. The number of aliphatic hydroxyl groups is 1. The van der Waals surface area contributed by atoms with Gasteiger partial charge in [-0.1, -0.05) is 17.7 Å². The number of carbonyl (C=O) groups is 1. The smallest absolute Gasteiger partial charge is 0.387 e. The fraction of sp³-hybridized carbons (Fsp3) is 0.500. The number of aliphatic hydroxyl groups excluding tert-OH is 1. The molecule has 0 spiro atoms. The summed E-state index contributed by atoms with van der Waals surface area (Å²) in [5.74, 6) is -0.216. The monoisotopic (exact) mass is 336 g/mol. The van der Waals surface area contributed by atoms with Crippen molar-refractivity contribution in [3.63, 3.8) is 0 Å². The fourth-order valence-electron chi connectivity index (χ4n) is 2.28. The maximum Gasteiger partial charge on any atom is 0.387 e. The molecule has 22 heavy (non-hydrogen) atoms. The van der Waals surface area contributed by atoms with E-state index in [1.54, 1.807) is 12.1 Å². The summed E-state index contributed by atoms with van der Waals surface area (Å²) >= 11 is 0. The number of rotatable bonds is 5. The van der Waals surface area contributed by atoms with Crippen LogP contribution in [0.15, 0.2) is 18.2 Å². The van der Waals surface area contributed by atoms with Crippen LogP contribution in [0.5, 0.6) is 5.75 Å². The first-order valence-corrected chi connectivity index (χ1v) is 6.69. The summed E-state index contributed by atoms with van der Waals surface area (Å²) < 4.78 is 29.1. The number of amides is 1. The Bertz CT molecular complexity index is 517. The number of alkyl halides is 2. The van der Waals surface area contributed by atoms with Gasteiger partial charge in [0.05, 0.1) is 12.1 Å². The van der Waals surface area contributed by atoms with Crippen molar-refractivity contribution in [3.05, 3.63) is 29.3 Å². The average Bonchev–Trinajstić information content (AvgIpc) is 2.85. The highest BCUT2D eigenvalue weighted by molar-refractivity contribution is 5.85. The number of benzene rings is 1. The van der Waals surface area contributed by atoms with Crippen molar-refractivity contribution in [1.82, 2.24) is 10.6 Å². The molecule has 1 heterocycles. The molecule has 0 bridgehead atoms. The molecule has 5 nitrogen and oxygen atoms in total. The van der Waals surface area contributed by atoms with E-state index in [2.05, 4.69) is 15.4 Å². The van der Waals surface area contributed by atoms with Crippen molar-refractivity contribution in [2.24, 2.45) is 0 Å². The van der Waals surface area contributed by atoms with Crippen molar-refractivity contribution in [1.29, 1.82) is 0 Å². The van der Waals surface area contributed by atoms with Crippen LogP contribution < -0.4 is 15.4 Å². The quantitative estimate of drug-likeness (QED) is 0.759. The first-order valence-electron chi connectivity index (χ1n) is 6.69. The molecule has 1 amide bonds. The van der Waals surface area contributed by atoms with Crippen molar-refractivity contribution < 1.29 is 23.4 Å². The van der Waals surface area contributed by atoms with E-state index in [1.165, 1.54) is 6.07 Å². The van der Waals surface area contributed by atoms with Gasteiger partial charge in [0.2, 0.25) is 5.91 Å². The fourth-order valence-corrected chi connectivity index (χ4v) is 2.28. The van der Waals surface area contributed by atoms with E-state index >= 15 is 0 Å². The molecule has 1 fully saturated rings. The van der Waals surface area contributed by atoms with Gasteiger partial charge in [-0.05, 0) is 19.4 Å². The third kappa shape index (κ3) is 5.08. The molecule has 3 N–H and O–H groups in total. The van der Waals surface area contributed by atoms with E-state index in [9.17, 15) is 18.7 Å². The molecule has 124 valence electrons. The summed E-state index contributed by atoms with van der Waals surface area (Å²) in [6, 6.07) is 4.36. The van der Waals surface area contributed by atoms with E-state index in [-0.39, 0.29) is 30.6 Å². The molecule has 1 aromatic carbocycles. The van der Waals surface area contributed by atoms with E-state index < -0.39 is 18.8 Å². The predicted molar refractivity (Wildman–Crippen MR) is 79.3 cm³/mol. The molecule has 1 aliphatic rings. The second-order valence-electron chi connectivity index (χ2n) is 5.06. The van der Waals surface area contributed by atoms with Crippen LogP contribution in [0, 0.1) is 6.92 Å². The van der Waals surface area contributed by atoms with E-state index in [0.717, 1.165) is 5.56 Å². The first kappa shape index (κ1) is 18.6. The Morgan fingerprint density at radius 3 is 2.86 bits per heavy atom. The lowest BCUT2D eigenvalue weighted by Gasteiger charge is -2.14. The number of halogens is 3. The predicted octanol–water partition coefficient (Wildman–Crippen LogP) is 1.36. The zero-order chi connectivity index (χ0) is 15.4. The highest BCUT2D eigenvalue weighted by atomic mass is 35.5. The van der Waals surface area contributed by atoms with Crippen molar-refractivity contribution >= 4 is 18.3 Å². The minimum absolute atomic E-state index is 0. The molecule has 0 aromatic heterocycles. The molecule has 0 radical (unpaired) electrons. The summed E-state index contributed by atoms with van der Waals surface area (Å²) in [6.45, 7) is -0.611. The highest BCUT2D eigenvalue weighted by Gasteiger charge is 2.27. The van der Waals surface area contributed by atoms with Crippen LogP contribution in [0.4, 0.5) is 8.78 Å². The lowest BCUT2D eigenvalue weighted by molar-refractivity contribution is -0.123. The Balaban J connectivity index is 0.00000242. The number of β-amino-alcohol motifs (C(OH)–C–C–N with tert-alkyl or cyclic N) is 1. The number of aryl methyl sites for hydroxylation is 1. The average molecular weight is 337 g/mol. The topological polar surface area (TPSA) is 70.6 Å². The molecule has 1 saturated heterocycles. The lowest BCUT2D eigenvalue weighted by Crippen LogP contribution is -2.40. The van der Waals surface area contributed by atoms with Crippen molar-refractivity contribution in [2.45, 2.75) is 38.6 Å². The molecule has 2 rings (SSSR count). The third-order valence-corrected chi connectivity index (χ3v) is 3.31. The largest absolute Gasteiger partial charge is 0.434 e. The molecule has 1 aromatic rings. The maximum absolute atomic E-state index is 12.3. The van der Waals surface area contributed by atoms with Gasteiger partial charge in [-0.25, -0.2) is 0 Å². The number of nitrogens with one attached hydrogen (secondary N) is 2. The van der Waals surface area contributed by atoms with Crippen LogP contribution in [-0.2, 0) is 11.3 Å². The maximum atomic E-state index is 12.3. The van der Waals surface area contributed by atoms with Gasteiger partial charge in [0.1, 0.15) is 5.75 Å². The van der Waals surface area contributed by atoms with Gasteiger partial charge >= 0.3 is 6.61 Å². The van der Waals surface area contributed by atoms with Crippen LogP contribution in [0.25, 0.3) is 0 Å². The first-order chi connectivity index (χ1) is 9.95. The number of carbonyl (C=O) groups excluding carboxylic acids is 1. The van der Waals surface area contributed by atoms with Gasteiger partial charge in [0.25, 0.3) is 0 Å². The van der Waals surface area contributed by atoms with Gasteiger partial charge < -0.3 is 20.5 Å². The second kappa shape index (κ2) is 8.26. The molecule has 2 unspecified atom stereocenters. The SMILES string of the molecule is Cc1ccc(OC(F)F)c(CNC(=O)C2CC(O)CN2)c1.Cl. The van der Waals surface area contributed by atoms with Gasteiger partial charge in [-0.15, -0.1) is 12.4 Å². The molecular weight excluding hydrogens is 318 g/mol. The zero-order valence-corrected chi connectivity index (χ0v) is 12.8. The van der Waals surface area contributed by atoms with Crippen LogP contribution in [0.3, 0.4) is 0 Å². The van der Waals surface area contributed by atoms with Gasteiger partial charge in [0, 0.05) is 18.7 Å². The van der Waals surface area contributed by atoms with E-state index in [4.69, 9.17) is 0 Å². The van der Waals surface area contributed by atoms with Crippen molar-refractivity contribution in [2.75, 3.05) is 6.54 Å². The second-order valence-corrected chi connectivity index (χ2v) is 5.06. The summed E-state index contributed by atoms with van der Waals surface area (Å²) in [5, 5.41) is 14.9. The lowest BCUT2D eigenvalue weighted by atomic mass is 10.1. The van der Waals surface area contributed by atoms with Crippen LogP contribution in [0.2, 0.25) is 0 Å². The van der Waals surface area contributed by atoms with Crippen LogP contribution >= 0.6 is 12.4 Å². The molecular formula is C14H19ClF2N2O3. The normalized spacial score (nSPS) is 20.6. The summed E-state index contributed by atoms with van der Waals surface area (Å²) in [6.07, 6.45) is -0.183. The minimum atomic E-state index is -2.91. The third-order valence-electron chi connectivity index (χ3n) is 3.31. The molecule has 8 heteroatoms. The number of ether oxygens (including phenoxy) is 1. The Kier molecular flexibility index (Phi) is 6.99.